The van der Waals surface area contributed by atoms with Crippen LogP contribution in [0.5, 0.6) is 0 Å². The van der Waals surface area contributed by atoms with Gasteiger partial charge < -0.3 is 9.47 Å². The highest BCUT2D eigenvalue weighted by molar-refractivity contribution is 6.00. The summed E-state index contributed by atoms with van der Waals surface area (Å²) in [5, 5.41) is 0. The lowest BCUT2D eigenvalue weighted by Crippen LogP contribution is -2.35. The lowest BCUT2D eigenvalue weighted by Gasteiger charge is -2.30. The van der Waals surface area contributed by atoms with Gasteiger partial charge in [0.25, 0.3) is 0 Å². The van der Waals surface area contributed by atoms with E-state index in [1.165, 1.54) is 83.5 Å². The van der Waals surface area contributed by atoms with Crippen molar-refractivity contribution < 1.29 is 14.3 Å². The average Bonchev–Trinajstić information content (AvgIpc) is 3.22. The summed E-state index contributed by atoms with van der Waals surface area (Å²) in [6, 6.07) is 0. The molecule has 1 spiro atoms. The summed E-state index contributed by atoms with van der Waals surface area (Å²) in [4.78, 5) is 11.6. The second-order valence-corrected chi connectivity index (χ2v) is 10.1. The zero-order valence-corrected chi connectivity index (χ0v) is 22.5. The number of carbonyl (C=O) groups is 1. The highest BCUT2D eigenvalue weighted by atomic mass is 16.7. The van der Waals surface area contributed by atoms with Crippen LogP contribution in [0.3, 0.4) is 0 Å². The summed E-state index contributed by atoms with van der Waals surface area (Å²) in [5.74, 6) is -0.712. The predicted molar refractivity (Wildman–Crippen MR) is 148 cm³/mol. The Morgan fingerprint density at radius 1 is 0.829 bits per heavy atom. The summed E-state index contributed by atoms with van der Waals surface area (Å²) >= 11 is 0. The highest BCUT2D eigenvalue weighted by Crippen LogP contribution is 2.42. The maximum Gasteiger partial charge on any atom is 0.189 e. The van der Waals surface area contributed by atoms with Gasteiger partial charge in [0, 0.05) is 6.42 Å². The molecule has 3 nitrogen and oxygen atoms in total. The molecule has 1 fully saturated rings. The summed E-state index contributed by atoms with van der Waals surface area (Å²) in [6.07, 6.45) is 39.9. The SMILES string of the molecule is C/C=C/C=C/COC1(/C=C/CCCCCCCCCCCCCCC)CCC2(C=CC(=O)C=C2)O1. The zero-order chi connectivity index (χ0) is 25.1. The van der Waals surface area contributed by atoms with Gasteiger partial charge in [-0.15, -0.1) is 0 Å². The number of hydrogen-bond donors (Lipinski definition) is 0. The fourth-order valence-corrected chi connectivity index (χ4v) is 4.83. The molecule has 0 radical (unpaired) electrons. The van der Waals surface area contributed by atoms with Gasteiger partial charge in [-0.05, 0) is 56.6 Å². The van der Waals surface area contributed by atoms with Gasteiger partial charge in [-0.25, -0.2) is 0 Å². The van der Waals surface area contributed by atoms with E-state index >= 15 is 0 Å². The quantitative estimate of drug-likeness (QED) is 0.105. The van der Waals surface area contributed by atoms with Crippen LogP contribution in [0, 0.1) is 0 Å². The molecular formula is C32H50O3. The molecule has 0 saturated carbocycles. The van der Waals surface area contributed by atoms with Crippen molar-refractivity contribution in [3.05, 3.63) is 60.8 Å². The molecule has 1 heterocycles. The maximum absolute atomic E-state index is 11.6. The molecule has 1 aliphatic heterocycles. The van der Waals surface area contributed by atoms with Gasteiger partial charge in [-0.3, -0.25) is 4.79 Å². The number of hydrogen-bond acceptors (Lipinski definition) is 3. The maximum atomic E-state index is 11.6. The Morgan fingerprint density at radius 2 is 1.43 bits per heavy atom. The van der Waals surface area contributed by atoms with Crippen molar-refractivity contribution in [3.63, 3.8) is 0 Å². The van der Waals surface area contributed by atoms with Crippen LogP contribution < -0.4 is 0 Å². The third-order valence-electron chi connectivity index (χ3n) is 7.00. The van der Waals surface area contributed by atoms with Gasteiger partial charge in [0.05, 0.1) is 6.61 Å². The Kier molecular flexibility index (Phi) is 14.9. The van der Waals surface area contributed by atoms with E-state index in [0.29, 0.717) is 6.61 Å². The highest BCUT2D eigenvalue weighted by Gasteiger charge is 2.46. The minimum absolute atomic E-state index is 0.0184. The lowest BCUT2D eigenvalue weighted by atomic mass is 9.94. The molecule has 0 bridgehead atoms. The molecule has 0 N–H and O–H groups in total. The molecule has 0 aromatic heterocycles. The van der Waals surface area contributed by atoms with Gasteiger partial charge in [-0.2, -0.15) is 0 Å². The van der Waals surface area contributed by atoms with Crippen molar-refractivity contribution in [1.29, 1.82) is 0 Å². The second kappa shape index (κ2) is 17.7. The second-order valence-electron chi connectivity index (χ2n) is 10.1. The molecule has 1 aliphatic carbocycles. The van der Waals surface area contributed by atoms with Crippen LogP contribution in [0.15, 0.2) is 60.8 Å². The summed E-state index contributed by atoms with van der Waals surface area (Å²) in [6.45, 7) is 4.78. The molecule has 3 heteroatoms. The third-order valence-corrected chi connectivity index (χ3v) is 7.00. The van der Waals surface area contributed by atoms with E-state index < -0.39 is 11.4 Å². The fourth-order valence-electron chi connectivity index (χ4n) is 4.83. The van der Waals surface area contributed by atoms with E-state index in [4.69, 9.17) is 9.47 Å². The first-order valence-electron chi connectivity index (χ1n) is 14.4. The molecule has 196 valence electrons. The minimum atomic E-state index is -0.730. The standard InChI is InChI=1S/C32H50O3/c1-3-5-7-9-10-11-12-13-14-15-16-17-18-19-20-24-32(34-29-21-8-6-4-2)28-27-31(35-32)25-22-30(33)23-26-31/h4,6,8,20-26H,3,5,7,9-19,27-29H2,1-2H3/b6-4+,21-8+,24-20+. The summed E-state index contributed by atoms with van der Waals surface area (Å²) < 4.78 is 12.7. The van der Waals surface area contributed by atoms with Crippen molar-refractivity contribution in [2.24, 2.45) is 0 Å². The molecule has 2 rings (SSSR count). The topological polar surface area (TPSA) is 35.5 Å². The Labute approximate surface area is 215 Å². The van der Waals surface area contributed by atoms with Crippen LogP contribution >= 0.6 is 0 Å². The van der Waals surface area contributed by atoms with E-state index in [1.54, 1.807) is 12.2 Å². The summed E-state index contributed by atoms with van der Waals surface area (Å²) in [7, 11) is 0. The number of ether oxygens (including phenoxy) is 2. The predicted octanol–water partition coefficient (Wildman–Crippen LogP) is 9.11. The Bertz CT molecular complexity index is 711. The van der Waals surface area contributed by atoms with Gasteiger partial charge in [0.15, 0.2) is 11.6 Å². The van der Waals surface area contributed by atoms with Crippen LogP contribution in [-0.4, -0.2) is 23.8 Å². The van der Waals surface area contributed by atoms with Crippen molar-refractivity contribution in [1.82, 2.24) is 0 Å². The van der Waals surface area contributed by atoms with Gasteiger partial charge in [0.1, 0.15) is 5.60 Å². The van der Waals surface area contributed by atoms with Crippen molar-refractivity contribution >= 4 is 5.78 Å². The number of unbranched alkanes of at least 4 members (excludes halogenated alkanes) is 13. The van der Waals surface area contributed by atoms with E-state index in [0.717, 1.165) is 19.3 Å². The van der Waals surface area contributed by atoms with Crippen LogP contribution in [0.1, 0.15) is 117 Å². The first-order valence-corrected chi connectivity index (χ1v) is 14.4. The smallest absolute Gasteiger partial charge is 0.189 e. The molecule has 1 saturated heterocycles. The molecule has 35 heavy (non-hydrogen) atoms. The van der Waals surface area contributed by atoms with Crippen molar-refractivity contribution in [2.45, 2.75) is 128 Å². The molecule has 0 amide bonds. The van der Waals surface area contributed by atoms with E-state index in [2.05, 4.69) is 19.1 Å². The molecule has 1 atom stereocenters. The number of rotatable bonds is 19. The number of allylic oxidation sites excluding steroid dienone is 6. The Hall–Kier alpha value is -1.71. The van der Waals surface area contributed by atoms with Gasteiger partial charge in [0.2, 0.25) is 0 Å². The first-order chi connectivity index (χ1) is 17.1. The lowest BCUT2D eigenvalue weighted by molar-refractivity contribution is -0.195. The fraction of sp³-hybridized carbons (Fsp3) is 0.656. The Balaban J connectivity index is 1.64. The molecule has 0 aromatic rings. The molecular weight excluding hydrogens is 432 g/mol. The molecule has 0 aromatic carbocycles. The number of carbonyl (C=O) groups excluding carboxylic acids is 1. The monoisotopic (exact) mass is 482 g/mol. The third kappa shape index (κ3) is 12.2. The van der Waals surface area contributed by atoms with Crippen molar-refractivity contribution in [2.75, 3.05) is 6.61 Å². The normalized spacial score (nSPS) is 21.6. The van der Waals surface area contributed by atoms with Crippen LogP contribution in [0.4, 0.5) is 0 Å². The van der Waals surface area contributed by atoms with Gasteiger partial charge >= 0.3 is 0 Å². The average molecular weight is 483 g/mol. The molecule has 2 aliphatic rings. The first kappa shape index (κ1) is 29.5. The largest absolute Gasteiger partial charge is 0.342 e. The van der Waals surface area contributed by atoms with E-state index in [-0.39, 0.29) is 5.78 Å². The Morgan fingerprint density at radius 3 is 2.03 bits per heavy atom. The van der Waals surface area contributed by atoms with Crippen LogP contribution in [-0.2, 0) is 14.3 Å². The van der Waals surface area contributed by atoms with E-state index in [1.807, 2.05) is 43.4 Å². The molecule has 1 unspecified atom stereocenters. The van der Waals surface area contributed by atoms with Crippen molar-refractivity contribution in [3.8, 4) is 0 Å². The zero-order valence-electron chi connectivity index (χ0n) is 22.5. The number of ketones is 1. The van der Waals surface area contributed by atoms with Gasteiger partial charge in [-0.1, -0.05) is 114 Å². The summed E-state index contributed by atoms with van der Waals surface area (Å²) in [5.41, 5.74) is -0.527. The minimum Gasteiger partial charge on any atom is -0.342 e. The van der Waals surface area contributed by atoms with E-state index in [9.17, 15) is 4.79 Å². The van der Waals surface area contributed by atoms with Crippen LogP contribution in [0.25, 0.3) is 0 Å². The van der Waals surface area contributed by atoms with Crippen LogP contribution in [0.2, 0.25) is 0 Å².